The summed E-state index contributed by atoms with van der Waals surface area (Å²) in [5, 5.41) is 10.7. The maximum absolute atomic E-state index is 13.2. The second kappa shape index (κ2) is 11.3. The number of aliphatic hydroxyl groups is 1. The van der Waals surface area contributed by atoms with Crippen LogP contribution in [0.2, 0.25) is 0 Å². The lowest BCUT2D eigenvalue weighted by Crippen LogP contribution is -2.36. The zero-order chi connectivity index (χ0) is 24.7. The predicted octanol–water partition coefficient (Wildman–Crippen LogP) is 3.80. The van der Waals surface area contributed by atoms with Crippen LogP contribution in [0.5, 0.6) is 11.5 Å². The van der Waals surface area contributed by atoms with Crippen molar-refractivity contribution in [1.82, 2.24) is 9.80 Å². The highest BCUT2D eigenvalue weighted by molar-refractivity contribution is 6.14. The molecule has 1 aliphatic rings. The van der Waals surface area contributed by atoms with Gasteiger partial charge in [0.25, 0.3) is 5.91 Å². The van der Waals surface area contributed by atoms with Crippen LogP contribution < -0.4 is 9.47 Å². The molecule has 3 rings (SSSR count). The third-order valence-corrected chi connectivity index (χ3v) is 5.44. The minimum atomic E-state index is -0.761. The summed E-state index contributed by atoms with van der Waals surface area (Å²) in [4.78, 5) is 29.7. The number of rotatable bonds is 11. The number of aliphatic hydroxyl groups excluding tert-OH is 1. The number of likely N-dealkylation sites (N-methyl/N-ethyl adjacent to an activating group) is 1. The van der Waals surface area contributed by atoms with E-state index in [1.165, 1.54) is 18.1 Å². The van der Waals surface area contributed by atoms with Gasteiger partial charge in [0.1, 0.15) is 6.61 Å². The molecule has 0 saturated carbocycles. The molecule has 0 saturated heterocycles. The molecule has 0 fully saturated rings. The number of methoxy groups -OCH3 is 1. The second-order valence-electron chi connectivity index (χ2n) is 8.08. The number of amides is 1. The lowest BCUT2D eigenvalue weighted by molar-refractivity contribution is -0.129. The van der Waals surface area contributed by atoms with Crippen LogP contribution in [0.3, 0.4) is 0 Å². The van der Waals surface area contributed by atoms with Gasteiger partial charge in [-0.2, -0.15) is 0 Å². The van der Waals surface area contributed by atoms with Crippen molar-refractivity contribution in [2.24, 2.45) is 0 Å². The first-order chi connectivity index (χ1) is 16.4. The summed E-state index contributed by atoms with van der Waals surface area (Å²) in [5.41, 5.74) is 1.51. The zero-order valence-electron chi connectivity index (χ0n) is 19.7. The van der Waals surface area contributed by atoms with Gasteiger partial charge in [-0.1, -0.05) is 55.1 Å². The molecule has 0 spiro atoms. The van der Waals surface area contributed by atoms with E-state index in [0.717, 1.165) is 5.56 Å². The summed E-state index contributed by atoms with van der Waals surface area (Å²) in [7, 11) is 5.31. The van der Waals surface area contributed by atoms with Gasteiger partial charge in [0.15, 0.2) is 23.0 Å². The third kappa shape index (κ3) is 5.55. The van der Waals surface area contributed by atoms with Crippen LogP contribution >= 0.6 is 0 Å². The van der Waals surface area contributed by atoms with Gasteiger partial charge in [0, 0.05) is 13.1 Å². The fourth-order valence-corrected chi connectivity index (χ4v) is 3.74. The molecular formula is C27H30N2O5. The van der Waals surface area contributed by atoms with Gasteiger partial charge in [-0.3, -0.25) is 9.59 Å². The predicted molar refractivity (Wildman–Crippen MR) is 132 cm³/mol. The molecule has 1 amide bonds. The van der Waals surface area contributed by atoms with Gasteiger partial charge in [-0.05, 0) is 43.4 Å². The lowest BCUT2D eigenvalue weighted by Gasteiger charge is -2.28. The van der Waals surface area contributed by atoms with Crippen molar-refractivity contribution < 1.29 is 24.2 Å². The molecule has 1 N–H and O–H groups in total. The van der Waals surface area contributed by atoms with Crippen molar-refractivity contribution in [3.05, 3.63) is 89.7 Å². The number of benzene rings is 2. The average molecular weight is 463 g/mol. The molecule has 1 aliphatic heterocycles. The first-order valence-corrected chi connectivity index (χ1v) is 10.9. The molecule has 2 aromatic carbocycles. The van der Waals surface area contributed by atoms with Crippen LogP contribution in [0.15, 0.2) is 78.6 Å². The van der Waals surface area contributed by atoms with Gasteiger partial charge in [-0.15, -0.1) is 0 Å². The van der Waals surface area contributed by atoms with E-state index >= 15 is 0 Å². The average Bonchev–Trinajstić information content (AvgIpc) is 3.10. The van der Waals surface area contributed by atoms with E-state index in [4.69, 9.17) is 9.47 Å². The highest BCUT2D eigenvalue weighted by Crippen LogP contribution is 2.41. The Balaban J connectivity index is 2.02. The SMILES string of the molecule is C=CCOc1ccc(C2C(C(=O)/C=C/c3ccccc3)=C(O)C(=O)N2CCN(C)C)cc1OC. The number of ketones is 1. The number of carbonyl (C=O) groups is 2. The Morgan fingerprint density at radius 3 is 2.56 bits per heavy atom. The molecule has 0 bridgehead atoms. The lowest BCUT2D eigenvalue weighted by atomic mass is 9.95. The van der Waals surface area contributed by atoms with Crippen molar-refractivity contribution in [2.75, 3.05) is 40.9 Å². The standard InChI is InChI=1S/C27H30N2O5/c1-5-17-34-22-14-12-20(18-23(22)33-4)25-24(21(30)13-11-19-9-7-6-8-10-19)26(31)27(32)29(25)16-15-28(2)3/h5-14,18,25,31H,1,15-17H2,2-4H3/b13-11+. The highest BCUT2D eigenvalue weighted by atomic mass is 16.5. The van der Waals surface area contributed by atoms with Crippen molar-refractivity contribution in [3.8, 4) is 11.5 Å². The smallest absolute Gasteiger partial charge is 0.290 e. The summed E-state index contributed by atoms with van der Waals surface area (Å²) in [6, 6.07) is 13.8. The minimum Gasteiger partial charge on any atom is -0.503 e. The molecule has 34 heavy (non-hydrogen) atoms. The van der Waals surface area contributed by atoms with Crippen LogP contribution in [0.4, 0.5) is 0 Å². The molecule has 0 aliphatic carbocycles. The van der Waals surface area contributed by atoms with Gasteiger partial charge in [0.05, 0.1) is 18.7 Å². The topological polar surface area (TPSA) is 79.3 Å². The van der Waals surface area contributed by atoms with Crippen molar-refractivity contribution in [2.45, 2.75) is 6.04 Å². The molecule has 1 atom stereocenters. The summed E-state index contributed by atoms with van der Waals surface area (Å²) in [5.74, 6) is -0.567. The van der Waals surface area contributed by atoms with Crippen LogP contribution in [0.25, 0.3) is 6.08 Å². The number of ether oxygens (including phenoxy) is 2. The molecule has 2 aromatic rings. The van der Waals surface area contributed by atoms with Crippen molar-refractivity contribution >= 4 is 17.8 Å². The van der Waals surface area contributed by atoms with E-state index in [1.54, 1.807) is 30.4 Å². The van der Waals surface area contributed by atoms with Gasteiger partial charge < -0.3 is 24.4 Å². The fraction of sp³-hybridized carbons (Fsp3) is 0.259. The Morgan fingerprint density at radius 2 is 1.91 bits per heavy atom. The Bertz CT molecular complexity index is 1110. The molecule has 0 radical (unpaired) electrons. The molecule has 0 aromatic heterocycles. The fourth-order valence-electron chi connectivity index (χ4n) is 3.74. The van der Waals surface area contributed by atoms with Crippen molar-refractivity contribution in [3.63, 3.8) is 0 Å². The molecule has 1 heterocycles. The molecule has 7 nitrogen and oxygen atoms in total. The number of hydrogen-bond acceptors (Lipinski definition) is 6. The number of carbonyl (C=O) groups excluding carboxylic acids is 2. The Kier molecular flexibility index (Phi) is 8.27. The number of nitrogens with zero attached hydrogens (tertiary/aromatic N) is 2. The second-order valence-corrected chi connectivity index (χ2v) is 8.08. The summed E-state index contributed by atoms with van der Waals surface area (Å²) < 4.78 is 11.1. The maximum Gasteiger partial charge on any atom is 0.290 e. The van der Waals surface area contributed by atoms with Crippen LogP contribution in [-0.4, -0.2) is 67.5 Å². The number of allylic oxidation sites excluding steroid dienone is 1. The van der Waals surface area contributed by atoms with E-state index in [0.29, 0.717) is 36.8 Å². The van der Waals surface area contributed by atoms with E-state index in [9.17, 15) is 14.7 Å². The first kappa shape index (κ1) is 24.8. The van der Waals surface area contributed by atoms with Gasteiger partial charge >= 0.3 is 0 Å². The van der Waals surface area contributed by atoms with Gasteiger partial charge in [-0.25, -0.2) is 0 Å². The Hall–Kier alpha value is -3.84. The third-order valence-electron chi connectivity index (χ3n) is 5.44. The van der Waals surface area contributed by atoms with Crippen LogP contribution in [0.1, 0.15) is 17.2 Å². The summed E-state index contributed by atoms with van der Waals surface area (Å²) in [6.07, 6.45) is 4.68. The van der Waals surface area contributed by atoms with Crippen LogP contribution in [0, 0.1) is 0 Å². The van der Waals surface area contributed by atoms with E-state index in [-0.39, 0.29) is 5.57 Å². The molecule has 1 unspecified atom stereocenters. The highest BCUT2D eigenvalue weighted by Gasteiger charge is 2.43. The summed E-state index contributed by atoms with van der Waals surface area (Å²) in [6.45, 7) is 4.85. The van der Waals surface area contributed by atoms with Crippen molar-refractivity contribution in [1.29, 1.82) is 0 Å². The molecule has 7 heteroatoms. The maximum atomic E-state index is 13.2. The molecular weight excluding hydrogens is 432 g/mol. The molecule has 178 valence electrons. The summed E-state index contributed by atoms with van der Waals surface area (Å²) >= 11 is 0. The van der Waals surface area contributed by atoms with E-state index < -0.39 is 23.5 Å². The van der Waals surface area contributed by atoms with Gasteiger partial charge in [0.2, 0.25) is 0 Å². The Labute approximate surface area is 200 Å². The zero-order valence-corrected chi connectivity index (χ0v) is 19.7. The largest absolute Gasteiger partial charge is 0.503 e. The number of hydrogen-bond donors (Lipinski definition) is 1. The van der Waals surface area contributed by atoms with E-state index in [1.807, 2.05) is 49.3 Å². The Morgan fingerprint density at radius 1 is 1.18 bits per heavy atom. The van der Waals surface area contributed by atoms with Crippen LogP contribution in [-0.2, 0) is 9.59 Å². The van der Waals surface area contributed by atoms with E-state index in [2.05, 4.69) is 6.58 Å². The normalized spacial score (nSPS) is 15.9. The monoisotopic (exact) mass is 462 g/mol. The minimum absolute atomic E-state index is 0.0396. The first-order valence-electron chi connectivity index (χ1n) is 10.9. The quantitative estimate of drug-likeness (QED) is 0.404.